The van der Waals surface area contributed by atoms with E-state index in [1.807, 2.05) is 12.1 Å². The van der Waals surface area contributed by atoms with Gasteiger partial charge in [0, 0.05) is 19.2 Å². The topological polar surface area (TPSA) is 88.7 Å². The van der Waals surface area contributed by atoms with Gasteiger partial charge in [0.25, 0.3) is 0 Å². The smallest absolute Gasteiger partial charge is 0.221 e. The van der Waals surface area contributed by atoms with Crippen LogP contribution in [-0.2, 0) is 11.3 Å². The third-order valence-corrected chi connectivity index (χ3v) is 3.05. The summed E-state index contributed by atoms with van der Waals surface area (Å²) in [5.74, 6) is -0.118. The second-order valence-corrected chi connectivity index (χ2v) is 4.68. The molecular formula is C17H14N4O. The highest BCUT2D eigenvalue weighted by molar-refractivity contribution is 5.88. The van der Waals surface area contributed by atoms with Crippen molar-refractivity contribution in [1.82, 2.24) is 0 Å². The lowest BCUT2D eigenvalue weighted by Crippen LogP contribution is -2.06. The highest BCUT2D eigenvalue weighted by atomic mass is 16.1. The lowest BCUT2D eigenvalue weighted by Gasteiger charge is -2.10. The first-order valence-electron chi connectivity index (χ1n) is 6.67. The zero-order chi connectivity index (χ0) is 15.9. The molecule has 2 N–H and O–H groups in total. The third kappa shape index (κ3) is 3.62. The molecule has 108 valence electrons. The quantitative estimate of drug-likeness (QED) is 0.905. The molecule has 0 heterocycles. The molecule has 0 atom stereocenters. The summed E-state index contributed by atoms with van der Waals surface area (Å²) in [6.07, 6.45) is 0. The number of nitrogens with zero attached hydrogens (tertiary/aromatic N) is 2. The van der Waals surface area contributed by atoms with E-state index in [4.69, 9.17) is 10.5 Å². The van der Waals surface area contributed by atoms with E-state index in [-0.39, 0.29) is 5.91 Å². The van der Waals surface area contributed by atoms with E-state index in [1.165, 1.54) is 6.92 Å². The average molecular weight is 290 g/mol. The number of nitriles is 2. The van der Waals surface area contributed by atoms with Gasteiger partial charge in [-0.1, -0.05) is 18.2 Å². The van der Waals surface area contributed by atoms with Crippen molar-refractivity contribution in [2.75, 3.05) is 10.6 Å². The minimum Gasteiger partial charge on any atom is -0.379 e. The number of amides is 1. The second-order valence-electron chi connectivity index (χ2n) is 4.68. The number of hydrogen-bond acceptors (Lipinski definition) is 4. The Bertz CT molecular complexity index is 734. The molecule has 0 spiro atoms. The Balaban J connectivity index is 2.12. The van der Waals surface area contributed by atoms with E-state index in [2.05, 4.69) is 22.8 Å². The Morgan fingerprint density at radius 2 is 1.64 bits per heavy atom. The summed E-state index contributed by atoms with van der Waals surface area (Å²) in [6.45, 7) is 1.94. The Morgan fingerprint density at radius 3 is 2.14 bits per heavy atom. The lowest BCUT2D eigenvalue weighted by atomic mass is 10.1. The Labute approximate surface area is 128 Å². The van der Waals surface area contributed by atoms with Gasteiger partial charge >= 0.3 is 0 Å². The van der Waals surface area contributed by atoms with Crippen LogP contribution in [0.2, 0.25) is 0 Å². The van der Waals surface area contributed by atoms with E-state index in [9.17, 15) is 4.79 Å². The number of rotatable bonds is 4. The van der Waals surface area contributed by atoms with Crippen LogP contribution in [0.3, 0.4) is 0 Å². The van der Waals surface area contributed by atoms with Gasteiger partial charge in [-0.25, -0.2) is 0 Å². The summed E-state index contributed by atoms with van der Waals surface area (Å²) in [7, 11) is 0. The highest BCUT2D eigenvalue weighted by Gasteiger charge is 2.07. The van der Waals surface area contributed by atoms with Gasteiger partial charge in [0.1, 0.15) is 12.1 Å². The van der Waals surface area contributed by atoms with Crippen molar-refractivity contribution >= 4 is 17.3 Å². The minimum atomic E-state index is -0.118. The summed E-state index contributed by atoms with van der Waals surface area (Å²) in [6, 6.07) is 16.5. The maximum atomic E-state index is 11.0. The largest absolute Gasteiger partial charge is 0.379 e. The zero-order valence-electron chi connectivity index (χ0n) is 12.1. The van der Waals surface area contributed by atoms with Crippen LogP contribution in [0.15, 0.2) is 42.5 Å². The second kappa shape index (κ2) is 6.92. The number of anilines is 2. The predicted octanol–water partition coefficient (Wildman–Crippen LogP) is 3.00. The summed E-state index contributed by atoms with van der Waals surface area (Å²) < 4.78 is 0. The van der Waals surface area contributed by atoms with Crippen molar-refractivity contribution in [2.24, 2.45) is 0 Å². The Hall–Kier alpha value is -3.31. The zero-order valence-corrected chi connectivity index (χ0v) is 12.1. The van der Waals surface area contributed by atoms with Crippen molar-refractivity contribution in [3.63, 3.8) is 0 Å². The summed E-state index contributed by atoms with van der Waals surface area (Å²) in [4.78, 5) is 11.0. The molecule has 0 bridgehead atoms. The van der Waals surface area contributed by atoms with Gasteiger partial charge in [-0.05, 0) is 29.8 Å². The first-order valence-corrected chi connectivity index (χ1v) is 6.67. The van der Waals surface area contributed by atoms with Gasteiger partial charge in [0.15, 0.2) is 0 Å². The van der Waals surface area contributed by atoms with Crippen molar-refractivity contribution < 1.29 is 4.79 Å². The molecule has 2 aromatic carbocycles. The number of nitrogens with one attached hydrogen (secondary N) is 2. The molecule has 0 radical (unpaired) electrons. The highest BCUT2D eigenvalue weighted by Crippen LogP contribution is 2.21. The first-order chi connectivity index (χ1) is 10.6. The van der Waals surface area contributed by atoms with Crippen molar-refractivity contribution in [2.45, 2.75) is 13.5 Å². The molecule has 0 saturated heterocycles. The number of para-hydroxylation sites is 1. The van der Waals surface area contributed by atoms with Gasteiger partial charge in [-0.15, -0.1) is 0 Å². The van der Waals surface area contributed by atoms with Gasteiger partial charge in [0.05, 0.1) is 16.8 Å². The van der Waals surface area contributed by atoms with Crippen LogP contribution in [0.1, 0.15) is 23.6 Å². The normalized spacial score (nSPS) is 9.41. The number of carbonyl (C=O) groups is 1. The first kappa shape index (κ1) is 15.1. The average Bonchev–Trinajstić information content (AvgIpc) is 2.53. The van der Waals surface area contributed by atoms with Crippen molar-refractivity contribution in [3.05, 3.63) is 59.2 Å². The van der Waals surface area contributed by atoms with E-state index >= 15 is 0 Å². The van der Waals surface area contributed by atoms with E-state index in [0.717, 1.165) is 11.3 Å². The number of hydrogen-bond donors (Lipinski definition) is 2. The molecule has 1 amide bonds. The van der Waals surface area contributed by atoms with Crippen molar-refractivity contribution in [3.8, 4) is 12.1 Å². The van der Waals surface area contributed by atoms with Crippen molar-refractivity contribution in [1.29, 1.82) is 10.5 Å². The molecule has 0 fully saturated rings. The van der Waals surface area contributed by atoms with Crippen LogP contribution >= 0.6 is 0 Å². The molecule has 2 rings (SSSR count). The molecule has 5 nitrogen and oxygen atoms in total. The number of benzene rings is 2. The molecule has 0 saturated carbocycles. The molecule has 0 aliphatic heterocycles. The summed E-state index contributed by atoms with van der Waals surface area (Å²) in [5.41, 5.74) is 3.12. The summed E-state index contributed by atoms with van der Waals surface area (Å²) in [5, 5.41) is 24.1. The van der Waals surface area contributed by atoms with Crippen LogP contribution in [0.25, 0.3) is 0 Å². The molecular weight excluding hydrogens is 276 g/mol. The minimum absolute atomic E-state index is 0.118. The molecule has 0 unspecified atom stereocenters. The molecule has 2 aromatic rings. The van der Waals surface area contributed by atoms with Gasteiger partial charge in [-0.3, -0.25) is 4.79 Å². The van der Waals surface area contributed by atoms with Crippen LogP contribution in [0.4, 0.5) is 11.4 Å². The number of carbonyl (C=O) groups excluding carboxylic acids is 1. The van der Waals surface area contributed by atoms with Crippen LogP contribution < -0.4 is 10.6 Å². The van der Waals surface area contributed by atoms with Crippen LogP contribution in [-0.4, -0.2) is 5.91 Å². The fourth-order valence-electron chi connectivity index (χ4n) is 2.03. The van der Waals surface area contributed by atoms with Gasteiger partial charge in [-0.2, -0.15) is 10.5 Å². The third-order valence-electron chi connectivity index (χ3n) is 3.05. The maximum absolute atomic E-state index is 11.0. The monoisotopic (exact) mass is 290 g/mol. The SMILES string of the molecule is CC(=O)Nc1ccc(CNc2c(C#N)cccc2C#N)cc1. The van der Waals surface area contributed by atoms with E-state index in [1.54, 1.807) is 30.3 Å². The predicted molar refractivity (Wildman–Crippen MR) is 83.9 cm³/mol. The maximum Gasteiger partial charge on any atom is 0.221 e. The van der Waals surface area contributed by atoms with Crippen LogP contribution in [0, 0.1) is 22.7 Å². The Morgan fingerprint density at radius 1 is 1.05 bits per heavy atom. The molecule has 22 heavy (non-hydrogen) atoms. The van der Waals surface area contributed by atoms with Gasteiger partial charge in [0.2, 0.25) is 5.91 Å². The summed E-state index contributed by atoms with van der Waals surface area (Å²) >= 11 is 0. The van der Waals surface area contributed by atoms with E-state index < -0.39 is 0 Å². The fraction of sp³-hybridized carbons (Fsp3) is 0.118. The van der Waals surface area contributed by atoms with Gasteiger partial charge < -0.3 is 10.6 Å². The van der Waals surface area contributed by atoms with Crippen LogP contribution in [0.5, 0.6) is 0 Å². The molecule has 0 aliphatic carbocycles. The molecule has 0 aromatic heterocycles. The lowest BCUT2D eigenvalue weighted by molar-refractivity contribution is -0.114. The molecule has 5 heteroatoms. The standard InChI is InChI=1S/C17H14N4O/c1-12(22)21-16-7-5-13(6-8-16)11-20-17-14(9-18)3-2-4-15(17)10-19/h2-8,20H,11H2,1H3,(H,21,22). The molecule has 0 aliphatic rings. The fourth-order valence-corrected chi connectivity index (χ4v) is 2.03. The van der Waals surface area contributed by atoms with E-state index in [0.29, 0.717) is 23.4 Å². The Kier molecular flexibility index (Phi) is 4.74.